The monoisotopic (exact) mass is 139 g/mol. The minimum absolute atomic E-state index is 1.09. The van der Waals surface area contributed by atoms with Gasteiger partial charge in [-0.1, -0.05) is 45.3 Å². The molecular formula is C10H19. The molecule has 0 atom stereocenters. The van der Waals surface area contributed by atoms with E-state index in [4.69, 9.17) is 0 Å². The molecule has 0 rings (SSSR count). The molecule has 0 aliphatic rings. The van der Waals surface area contributed by atoms with Crippen LogP contribution in [0, 0.1) is 6.92 Å². The number of rotatable bonds is 6. The van der Waals surface area contributed by atoms with E-state index in [0.29, 0.717) is 0 Å². The van der Waals surface area contributed by atoms with Crippen molar-refractivity contribution in [3.63, 3.8) is 0 Å². The van der Waals surface area contributed by atoms with Crippen molar-refractivity contribution < 1.29 is 0 Å². The quantitative estimate of drug-likeness (QED) is 0.388. The summed E-state index contributed by atoms with van der Waals surface area (Å²) in [4.78, 5) is 0. The van der Waals surface area contributed by atoms with Gasteiger partial charge in [0.2, 0.25) is 0 Å². The van der Waals surface area contributed by atoms with Gasteiger partial charge in [-0.05, 0) is 19.3 Å². The molecule has 0 aromatic carbocycles. The highest BCUT2D eigenvalue weighted by Gasteiger charge is 1.82. The van der Waals surface area contributed by atoms with Crippen LogP contribution in [0.1, 0.15) is 45.4 Å². The zero-order chi connectivity index (χ0) is 7.66. The second-order valence-electron chi connectivity index (χ2n) is 2.58. The molecule has 0 saturated carbocycles. The number of unbranched alkanes of at least 4 members (excludes halogenated alkanes) is 4. The molecule has 0 amide bonds. The van der Waals surface area contributed by atoms with E-state index in [1.165, 1.54) is 32.1 Å². The SMILES string of the molecule is [CH2]CCCCC/C=C\CC. The molecular weight excluding hydrogens is 120 g/mol. The van der Waals surface area contributed by atoms with Crippen molar-refractivity contribution in [2.24, 2.45) is 0 Å². The van der Waals surface area contributed by atoms with Crippen LogP contribution in [0.2, 0.25) is 0 Å². The van der Waals surface area contributed by atoms with Gasteiger partial charge in [0.05, 0.1) is 0 Å². The molecule has 0 unspecified atom stereocenters. The topological polar surface area (TPSA) is 0 Å². The Hall–Kier alpha value is -0.260. The Kier molecular flexibility index (Phi) is 8.51. The van der Waals surface area contributed by atoms with E-state index in [0.717, 1.165) is 6.42 Å². The summed E-state index contributed by atoms with van der Waals surface area (Å²) >= 11 is 0. The number of hydrogen-bond donors (Lipinski definition) is 0. The van der Waals surface area contributed by atoms with Crippen LogP contribution in [0.15, 0.2) is 12.2 Å². The van der Waals surface area contributed by atoms with Crippen LogP contribution in [0.3, 0.4) is 0 Å². The first kappa shape index (κ1) is 9.74. The lowest BCUT2D eigenvalue weighted by atomic mass is 10.1. The molecule has 0 aliphatic carbocycles. The van der Waals surface area contributed by atoms with Crippen LogP contribution in [0.5, 0.6) is 0 Å². The minimum Gasteiger partial charge on any atom is -0.0888 e. The third kappa shape index (κ3) is 7.74. The summed E-state index contributed by atoms with van der Waals surface area (Å²) in [7, 11) is 0. The molecule has 1 radical (unpaired) electrons. The Balaban J connectivity index is 2.83. The van der Waals surface area contributed by atoms with E-state index in [2.05, 4.69) is 26.0 Å². The Morgan fingerprint density at radius 1 is 1.10 bits per heavy atom. The Morgan fingerprint density at radius 3 is 2.50 bits per heavy atom. The summed E-state index contributed by atoms with van der Waals surface area (Å²) in [5.74, 6) is 0. The second-order valence-corrected chi connectivity index (χ2v) is 2.58. The summed E-state index contributed by atoms with van der Waals surface area (Å²) < 4.78 is 0. The summed E-state index contributed by atoms with van der Waals surface area (Å²) in [6.45, 7) is 5.97. The summed E-state index contributed by atoms with van der Waals surface area (Å²) in [6.07, 6.45) is 12.0. The molecule has 0 bridgehead atoms. The fourth-order valence-corrected chi connectivity index (χ4v) is 0.900. The van der Waals surface area contributed by atoms with Gasteiger partial charge in [-0.2, -0.15) is 0 Å². The van der Waals surface area contributed by atoms with Crippen LogP contribution in [-0.4, -0.2) is 0 Å². The zero-order valence-electron chi connectivity index (χ0n) is 7.10. The number of allylic oxidation sites excluding steroid dienone is 2. The molecule has 10 heavy (non-hydrogen) atoms. The van der Waals surface area contributed by atoms with Crippen molar-refractivity contribution >= 4 is 0 Å². The largest absolute Gasteiger partial charge is 0.0888 e. The maximum Gasteiger partial charge on any atom is -0.0351 e. The van der Waals surface area contributed by atoms with Crippen molar-refractivity contribution in [3.8, 4) is 0 Å². The number of hydrogen-bond acceptors (Lipinski definition) is 0. The molecule has 0 aromatic rings. The molecule has 0 N–H and O–H groups in total. The smallest absolute Gasteiger partial charge is 0.0351 e. The standard InChI is InChI=1S/C10H19/c1-3-5-7-9-10-8-6-4-2/h6,8H,1,3-5,7,9-10H2,2H3/b8-6-. The highest BCUT2D eigenvalue weighted by Crippen LogP contribution is 2.02. The van der Waals surface area contributed by atoms with E-state index in [1.54, 1.807) is 0 Å². The molecule has 0 spiro atoms. The first-order chi connectivity index (χ1) is 4.91. The van der Waals surface area contributed by atoms with Crippen molar-refractivity contribution in [2.45, 2.75) is 45.4 Å². The lowest BCUT2D eigenvalue weighted by molar-refractivity contribution is 0.694. The highest BCUT2D eigenvalue weighted by atomic mass is 13.9. The maximum atomic E-state index is 3.80. The van der Waals surface area contributed by atoms with Crippen molar-refractivity contribution in [3.05, 3.63) is 19.1 Å². The van der Waals surface area contributed by atoms with Gasteiger partial charge in [0.25, 0.3) is 0 Å². The van der Waals surface area contributed by atoms with Crippen LogP contribution in [0.25, 0.3) is 0 Å². The Morgan fingerprint density at radius 2 is 1.90 bits per heavy atom. The average molecular weight is 139 g/mol. The summed E-state index contributed by atoms with van der Waals surface area (Å²) in [6, 6.07) is 0. The van der Waals surface area contributed by atoms with Crippen molar-refractivity contribution in [2.75, 3.05) is 0 Å². The van der Waals surface area contributed by atoms with Gasteiger partial charge in [-0.15, -0.1) is 0 Å². The summed E-state index contributed by atoms with van der Waals surface area (Å²) in [5.41, 5.74) is 0. The van der Waals surface area contributed by atoms with E-state index >= 15 is 0 Å². The minimum atomic E-state index is 1.09. The molecule has 0 aromatic heterocycles. The van der Waals surface area contributed by atoms with Gasteiger partial charge in [0, 0.05) is 0 Å². The van der Waals surface area contributed by atoms with Crippen molar-refractivity contribution in [1.29, 1.82) is 0 Å². The van der Waals surface area contributed by atoms with Crippen molar-refractivity contribution in [1.82, 2.24) is 0 Å². The van der Waals surface area contributed by atoms with Gasteiger partial charge in [0.15, 0.2) is 0 Å². The Bertz CT molecular complexity index is 72.1. The maximum absolute atomic E-state index is 3.80. The fourth-order valence-electron chi connectivity index (χ4n) is 0.900. The zero-order valence-corrected chi connectivity index (χ0v) is 7.10. The van der Waals surface area contributed by atoms with E-state index in [-0.39, 0.29) is 0 Å². The predicted molar refractivity (Wildman–Crippen MR) is 47.9 cm³/mol. The van der Waals surface area contributed by atoms with Gasteiger partial charge >= 0.3 is 0 Å². The molecule has 0 aliphatic heterocycles. The van der Waals surface area contributed by atoms with E-state index in [1.807, 2.05) is 0 Å². The van der Waals surface area contributed by atoms with E-state index < -0.39 is 0 Å². The predicted octanol–water partition coefficient (Wildman–Crippen LogP) is 3.74. The molecule has 0 heteroatoms. The van der Waals surface area contributed by atoms with Crippen LogP contribution < -0.4 is 0 Å². The molecule has 0 heterocycles. The highest BCUT2D eigenvalue weighted by molar-refractivity contribution is 4.79. The molecule has 0 nitrogen and oxygen atoms in total. The lowest BCUT2D eigenvalue weighted by Gasteiger charge is -1.92. The first-order valence-corrected chi connectivity index (χ1v) is 4.36. The van der Waals surface area contributed by atoms with Crippen LogP contribution >= 0.6 is 0 Å². The van der Waals surface area contributed by atoms with Gasteiger partial charge in [-0.3, -0.25) is 0 Å². The first-order valence-electron chi connectivity index (χ1n) is 4.36. The summed E-state index contributed by atoms with van der Waals surface area (Å²) in [5, 5.41) is 0. The second kappa shape index (κ2) is 8.74. The van der Waals surface area contributed by atoms with Gasteiger partial charge < -0.3 is 0 Å². The van der Waals surface area contributed by atoms with Crippen LogP contribution in [-0.2, 0) is 0 Å². The normalized spacial score (nSPS) is 11.0. The molecule has 0 fully saturated rings. The third-order valence-corrected chi connectivity index (χ3v) is 1.52. The molecule has 59 valence electrons. The fraction of sp³-hybridized carbons (Fsp3) is 0.700. The Labute approximate surface area is 65.3 Å². The molecule has 0 saturated heterocycles. The van der Waals surface area contributed by atoms with Gasteiger partial charge in [0.1, 0.15) is 0 Å². The van der Waals surface area contributed by atoms with E-state index in [9.17, 15) is 0 Å². The van der Waals surface area contributed by atoms with Gasteiger partial charge in [-0.25, -0.2) is 0 Å². The lowest BCUT2D eigenvalue weighted by Crippen LogP contribution is -1.73. The van der Waals surface area contributed by atoms with Crippen LogP contribution in [0.4, 0.5) is 0 Å². The third-order valence-electron chi connectivity index (χ3n) is 1.52. The average Bonchev–Trinajstić information content (AvgIpc) is 1.97.